The van der Waals surface area contributed by atoms with E-state index in [0.717, 1.165) is 37.2 Å². The van der Waals surface area contributed by atoms with Crippen LogP contribution in [0.3, 0.4) is 0 Å². The average Bonchev–Trinajstić information content (AvgIpc) is 3.57. The van der Waals surface area contributed by atoms with Gasteiger partial charge in [0.25, 0.3) is 5.91 Å². The van der Waals surface area contributed by atoms with Crippen molar-refractivity contribution in [3.8, 4) is 11.5 Å². The SMILES string of the molecule is Cc1ccc(OCCOc2ccc(C=C3C(=N)N4N=C(CC(=O)N5CCCC5)SC4=NC3=O)cc2)cc1. The number of hydrogen-bond donors (Lipinski definition) is 1. The number of aryl methyl sites for hydroxylation is 1. The van der Waals surface area contributed by atoms with Gasteiger partial charge in [0.2, 0.25) is 11.1 Å². The maximum absolute atomic E-state index is 12.7. The number of amides is 2. The van der Waals surface area contributed by atoms with Gasteiger partial charge >= 0.3 is 0 Å². The Kier molecular flexibility index (Phi) is 7.36. The standard InChI is InChI=1S/C27H27N5O4S/c1-18-4-8-20(9-5-18)35-14-15-36-21-10-6-19(7-11-21)16-22-25(28)32-27(29-26(22)34)37-23(30-32)17-24(33)31-12-2-3-13-31/h4-11,16,28H,2-3,12-15,17H2,1H3. The van der Waals surface area contributed by atoms with Gasteiger partial charge in [0.1, 0.15) is 29.8 Å². The highest BCUT2D eigenvalue weighted by molar-refractivity contribution is 8.27. The van der Waals surface area contributed by atoms with Crippen molar-refractivity contribution >= 4 is 45.7 Å². The summed E-state index contributed by atoms with van der Waals surface area (Å²) in [7, 11) is 0. The summed E-state index contributed by atoms with van der Waals surface area (Å²) in [5.41, 5.74) is 2.05. The molecular formula is C27H27N5O4S. The number of nitrogens with zero attached hydrogens (tertiary/aromatic N) is 4. The third kappa shape index (κ3) is 5.91. The van der Waals surface area contributed by atoms with Crippen LogP contribution in [-0.4, -0.2) is 64.1 Å². The molecule has 1 N–H and O–H groups in total. The molecule has 37 heavy (non-hydrogen) atoms. The molecule has 1 saturated heterocycles. The minimum atomic E-state index is -0.500. The molecular weight excluding hydrogens is 490 g/mol. The van der Waals surface area contributed by atoms with E-state index in [-0.39, 0.29) is 23.7 Å². The van der Waals surface area contributed by atoms with Crippen molar-refractivity contribution in [1.29, 1.82) is 5.41 Å². The van der Waals surface area contributed by atoms with Crippen molar-refractivity contribution in [3.63, 3.8) is 0 Å². The zero-order valence-corrected chi connectivity index (χ0v) is 21.3. The Morgan fingerprint density at radius 1 is 1.03 bits per heavy atom. The summed E-state index contributed by atoms with van der Waals surface area (Å²) in [5.74, 6) is 0.932. The van der Waals surface area contributed by atoms with Crippen molar-refractivity contribution in [2.24, 2.45) is 10.1 Å². The fourth-order valence-corrected chi connectivity index (χ4v) is 4.97. The van der Waals surface area contributed by atoms with Crippen molar-refractivity contribution < 1.29 is 19.1 Å². The summed E-state index contributed by atoms with van der Waals surface area (Å²) < 4.78 is 11.4. The number of fused-ring (bicyclic) bond motifs is 1. The summed E-state index contributed by atoms with van der Waals surface area (Å²) in [6.45, 7) is 4.38. The largest absolute Gasteiger partial charge is 0.490 e. The third-order valence-electron chi connectivity index (χ3n) is 6.09. The molecule has 0 bridgehead atoms. The molecule has 9 nitrogen and oxygen atoms in total. The van der Waals surface area contributed by atoms with Gasteiger partial charge in [-0.15, -0.1) is 0 Å². The topological polar surface area (TPSA) is 108 Å². The number of nitrogens with one attached hydrogen (secondary N) is 1. The number of carbonyl (C=O) groups is 2. The van der Waals surface area contributed by atoms with Crippen LogP contribution in [0.15, 0.2) is 64.2 Å². The van der Waals surface area contributed by atoms with Crippen LogP contribution in [0.25, 0.3) is 6.08 Å². The van der Waals surface area contributed by atoms with Gasteiger partial charge in [-0.05, 0) is 67.4 Å². The van der Waals surface area contributed by atoms with E-state index in [9.17, 15) is 9.59 Å². The molecule has 0 saturated carbocycles. The maximum Gasteiger partial charge on any atom is 0.283 e. The van der Waals surface area contributed by atoms with Crippen LogP contribution in [0.1, 0.15) is 30.4 Å². The van der Waals surface area contributed by atoms with E-state index in [2.05, 4.69) is 10.1 Å². The van der Waals surface area contributed by atoms with Crippen LogP contribution in [-0.2, 0) is 9.59 Å². The third-order valence-corrected chi connectivity index (χ3v) is 7.00. The minimum absolute atomic E-state index is 0.0156. The van der Waals surface area contributed by atoms with Crippen molar-refractivity contribution in [1.82, 2.24) is 9.91 Å². The Balaban J connectivity index is 1.17. The van der Waals surface area contributed by atoms with Crippen LogP contribution in [0, 0.1) is 12.3 Å². The Labute approximate surface area is 219 Å². The number of amidine groups is 2. The van der Waals surface area contributed by atoms with Gasteiger partial charge in [-0.3, -0.25) is 15.0 Å². The number of hydrazone groups is 1. The van der Waals surface area contributed by atoms with Gasteiger partial charge in [-0.25, -0.2) is 0 Å². The summed E-state index contributed by atoms with van der Waals surface area (Å²) in [4.78, 5) is 31.1. The number of hydrogen-bond acceptors (Lipinski definition) is 7. The minimum Gasteiger partial charge on any atom is -0.490 e. The van der Waals surface area contributed by atoms with Crippen LogP contribution >= 0.6 is 11.8 Å². The van der Waals surface area contributed by atoms with Crippen molar-refractivity contribution in [2.45, 2.75) is 26.2 Å². The molecule has 2 aromatic carbocycles. The summed E-state index contributed by atoms with van der Waals surface area (Å²) >= 11 is 1.17. The fraction of sp³-hybridized carbons (Fsp3) is 0.296. The van der Waals surface area contributed by atoms with E-state index >= 15 is 0 Å². The Morgan fingerprint density at radius 3 is 2.30 bits per heavy atom. The molecule has 3 heterocycles. The van der Waals surface area contributed by atoms with Gasteiger partial charge in [0.05, 0.1) is 12.0 Å². The van der Waals surface area contributed by atoms with E-state index in [1.165, 1.54) is 22.3 Å². The molecule has 5 rings (SSSR count). The quantitative estimate of drug-likeness (QED) is 0.418. The van der Waals surface area contributed by atoms with Crippen molar-refractivity contribution in [3.05, 3.63) is 65.2 Å². The first-order chi connectivity index (χ1) is 18.0. The highest BCUT2D eigenvalue weighted by Crippen LogP contribution is 2.30. The zero-order valence-electron chi connectivity index (χ0n) is 20.5. The van der Waals surface area contributed by atoms with Gasteiger partial charge in [-0.2, -0.15) is 15.1 Å². The van der Waals surface area contributed by atoms with Crippen LogP contribution in [0.5, 0.6) is 11.5 Å². The Hall–Kier alpha value is -3.92. The molecule has 0 aliphatic carbocycles. The highest BCUT2D eigenvalue weighted by Gasteiger charge is 2.36. The first-order valence-electron chi connectivity index (χ1n) is 12.2. The lowest BCUT2D eigenvalue weighted by Gasteiger charge is -2.20. The number of thioether (sulfide) groups is 1. The van der Waals surface area contributed by atoms with Crippen molar-refractivity contribution in [2.75, 3.05) is 26.3 Å². The Morgan fingerprint density at radius 2 is 1.65 bits per heavy atom. The number of aliphatic imine (C=N–C) groups is 1. The molecule has 3 aliphatic rings. The molecule has 190 valence electrons. The predicted molar refractivity (Wildman–Crippen MR) is 144 cm³/mol. The number of likely N-dealkylation sites (tertiary alicyclic amines) is 1. The monoisotopic (exact) mass is 517 g/mol. The molecule has 1 fully saturated rings. The Bertz CT molecular complexity index is 1300. The molecule has 0 aromatic heterocycles. The second-order valence-electron chi connectivity index (χ2n) is 8.86. The zero-order chi connectivity index (χ0) is 25.8. The molecule has 3 aliphatic heterocycles. The lowest BCUT2D eigenvalue weighted by Crippen LogP contribution is -2.35. The molecule has 10 heteroatoms. The van der Waals surface area contributed by atoms with Gasteiger partial charge in [0, 0.05) is 13.1 Å². The van der Waals surface area contributed by atoms with Gasteiger partial charge in [0.15, 0.2) is 5.84 Å². The van der Waals surface area contributed by atoms with E-state index in [4.69, 9.17) is 14.9 Å². The number of rotatable bonds is 8. The van der Waals surface area contributed by atoms with E-state index in [1.54, 1.807) is 18.2 Å². The molecule has 0 unspecified atom stereocenters. The summed E-state index contributed by atoms with van der Waals surface area (Å²) in [6.07, 6.45) is 3.81. The average molecular weight is 518 g/mol. The number of benzene rings is 2. The van der Waals surface area contributed by atoms with Gasteiger partial charge in [-0.1, -0.05) is 29.8 Å². The summed E-state index contributed by atoms with van der Waals surface area (Å²) in [6, 6.07) is 15.1. The molecule has 2 aromatic rings. The van der Waals surface area contributed by atoms with E-state index in [0.29, 0.717) is 29.2 Å². The second kappa shape index (κ2) is 11.0. The summed E-state index contributed by atoms with van der Waals surface area (Å²) in [5, 5.41) is 15.1. The van der Waals surface area contributed by atoms with Gasteiger partial charge < -0.3 is 14.4 Å². The number of ether oxygens (including phenoxy) is 2. The lowest BCUT2D eigenvalue weighted by molar-refractivity contribution is -0.128. The second-order valence-corrected chi connectivity index (χ2v) is 9.90. The fourth-order valence-electron chi connectivity index (χ4n) is 4.09. The van der Waals surface area contributed by atoms with Crippen LogP contribution in [0.2, 0.25) is 0 Å². The first kappa shape index (κ1) is 24.8. The number of carbonyl (C=O) groups excluding carboxylic acids is 2. The highest BCUT2D eigenvalue weighted by atomic mass is 32.2. The molecule has 2 amide bonds. The van der Waals surface area contributed by atoms with E-state index < -0.39 is 5.91 Å². The van der Waals surface area contributed by atoms with Crippen LogP contribution < -0.4 is 9.47 Å². The predicted octanol–water partition coefficient (Wildman–Crippen LogP) is 4.08. The molecule has 0 spiro atoms. The molecule has 0 atom stereocenters. The van der Waals surface area contributed by atoms with Crippen LogP contribution in [0.4, 0.5) is 0 Å². The lowest BCUT2D eigenvalue weighted by atomic mass is 10.1. The van der Waals surface area contributed by atoms with E-state index in [1.807, 2.05) is 48.2 Å². The normalized spacial score (nSPS) is 18.1. The first-order valence-corrected chi connectivity index (χ1v) is 13.0. The maximum atomic E-state index is 12.7. The smallest absolute Gasteiger partial charge is 0.283 e. The molecule has 0 radical (unpaired) electrons.